The number of hydrogen-bond acceptors (Lipinski definition) is 1. The van der Waals surface area contributed by atoms with E-state index in [-0.39, 0.29) is 6.10 Å². The molecular formula is C15H20O. The molecule has 5 atom stereocenters. The molecule has 0 amide bonds. The summed E-state index contributed by atoms with van der Waals surface area (Å²) in [5.41, 5.74) is 1.50. The van der Waals surface area contributed by atoms with Gasteiger partial charge in [0, 0.05) is 0 Å². The van der Waals surface area contributed by atoms with E-state index < -0.39 is 0 Å². The van der Waals surface area contributed by atoms with Gasteiger partial charge in [0.1, 0.15) is 0 Å². The van der Waals surface area contributed by atoms with Gasteiger partial charge in [-0.25, -0.2) is 0 Å². The number of aliphatic hydroxyl groups is 1. The molecule has 2 aliphatic rings. The summed E-state index contributed by atoms with van der Waals surface area (Å²) in [6, 6.07) is 10.9. The number of aliphatic hydroxyl groups excluding tert-OH is 1. The molecule has 0 bridgehead atoms. The van der Waals surface area contributed by atoms with Crippen molar-refractivity contribution in [3.63, 3.8) is 0 Å². The highest BCUT2D eigenvalue weighted by Gasteiger charge is 2.48. The van der Waals surface area contributed by atoms with Gasteiger partial charge in [-0.1, -0.05) is 37.3 Å². The fraction of sp³-hybridized carbons (Fsp3) is 0.600. The fourth-order valence-corrected chi connectivity index (χ4v) is 3.55. The number of benzene rings is 1. The molecule has 1 heteroatoms. The minimum atomic E-state index is -0.0398. The van der Waals surface area contributed by atoms with Crippen LogP contribution in [0.2, 0.25) is 0 Å². The Morgan fingerprint density at radius 2 is 1.81 bits per heavy atom. The summed E-state index contributed by atoms with van der Waals surface area (Å²) < 4.78 is 0. The summed E-state index contributed by atoms with van der Waals surface area (Å²) in [4.78, 5) is 0. The van der Waals surface area contributed by atoms with Crippen molar-refractivity contribution in [1.82, 2.24) is 0 Å². The smallest absolute Gasteiger partial charge is 0.0568 e. The standard InChI is InChI=1S/C15H20O/c1-10-12(7-8-15(10)16)14-9-13(14)11-5-3-2-4-6-11/h2-6,10,12-16H,7-9H2,1H3. The first-order valence-corrected chi connectivity index (χ1v) is 6.50. The van der Waals surface area contributed by atoms with E-state index in [9.17, 15) is 5.11 Å². The van der Waals surface area contributed by atoms with Gasteiger partial charge in [-0.2, -0.15) is 0 Å². The van der Waals surface area contributed by atoms with E-state index in [1.54, 1.807) is 0 Å². The van der Waals surface area contributed by atoms with Crippen LogP contribution in [-0.2, 0) is 0 Å². The van der Waals surface area contributed by atoms with Gasteiger partial charge in [-0.3, -0.25) is 0 Å². The number of hydrogen-bond donors (Lipinski definition) is 1. The van der Waals surface area contributed by atoms with Gasteiger partial charge in [0.15, 0.2) is 0 Å². The zero-order valence-corrected chi connectivity index (χ0v) is 9.84. The van der Waals surface area contributed by atoms with Crippen molar-refractivity contribution in [3.8, 4) is 0 Å². The molecule has 0 saturated heterocycles. The predicted molar refractivity (Wildman–Crippen MR) is 65.2 cm³/mol. The Morgan fingerprint density at radius 3 is 2.44 bits per heavy atom. The van der Waals surface area contributed by atoms with Gasteiger partial charge >= 0.3 is 0 Å². The van der Waals surface area contributed by atoms with E-state index in [2.05, 4.69) is 37.3 Å². The third-order valence-electron chi connectivity index (χ3n) is 4.70. The summed E-state index contributed by atoms with van der Waals surface area (Å²) in [5.74, 6) is 2.90. The summed E-state index contributed by atoms with van der Waals surface area (Å²) >= 11 is 0. The van der Waals surface area contributed by atoms with Gasteiger partial charge in [-0.05, 0) is 48.5 Å². The van der Waals surface area contributed by atoms with Crippen LogP contribution in [-0.4, -0.2) is 11.2 Å². The van der Waals surface area contributed by atoms with Gasteiger partial charge < -0.3 is 5.11 Å². The maximum atomic E-state index is 9.80. The highest BCUT2D eigenvalue weighted by Crippen LogP contribution is 2.57. The van der Waals surface area contributed by atoms with Crippen LogP contribution in [0.25, 0.3) is 0 Å². The van der Waals surface area contributed by atoms with Crippen LogP contribution in [0.4, 0.5) is 0 Å². The van der Waals surface area contributed by atoms with E-state index in [1.165, 1.54) is 18.4 Å². The zero-order chi connectivity index (χ0) is 11.1. The first-order valence-electron chi connectivity index (χ1n) is 6.50. The molecule has 0 aromatic heterocycles. The minimum absolute atomic E-state index is 0.0398. The molecule has 1 aromatic carbocycles. The maximum absolute atomic E-state index is 9.80. The van der Waals surface area contributed by atoms with E-state index in [1.807, 2.05) is 0 Å². The highest BCUT2D eigenvalue weighted by atomic mass is 16.3. The van der Waals surface area contributed by atoms with Crippen LogP contribution in [0.5, 0.6) is 0 Å². The molecule has 1 nitrogen and oxygen atoms in total. The van der Waals surface area contributed by atoms with Crippen LogP contribution < -0.4 is 0 Å². The van der Waals surface area contributed by atoms with Crippen LogP contribution in [0.3, 0.4) is 0 Å². The average molecular weight is 216 g/mol. The second-order valence-corrected chi connectivity index (χ2v) is 5.58. The van der Waals surface area contributed by atoms with Crippen molar-refractivity contribution in [3.05, 3.63) is 35.9 Å². The molecule has 2 fully saturated rings. The lowest BCUT2D eigenvalue weighted by Crippen LogP contribution is -2.16. The second-order valence-electron chi connectivity index (χ2n) is 5.58. The first-order chi connectivity index (χ1) is 7.77. The van der Waals surface area contributed by atoms with Crippen LogP contribution in [0, 0.1) is 17.8 Å². The molecule has 5 unspecified atom stereocenters. The Morgan fingerprint density at radius 1 is 1.06 bits per heavy atom. The lowest BCUT2D eigenvalue weighted by molar-refractivity contribution is 0.123. The normalized spacial score (nSPS) is 42.2. The Hall–Kier alpha value is -0.820. The number of rotatable bonds is 2. The van der Waals surface area contributed by atoms with Crippen LogP contribution >= 0.6 is 0 Å². The molecule has 86 valence electrons. The molecule has 0 radical (unpaired) electrons. The fourth-order valence-electron chi connectivity index (χ4n) is 3.55. The third-order valence-corrected chi connectivity index (χ3v) is 4.70. The SMILES string of the molecule is CC1C(O)CCC1C1CC1c1ccccc1. The average Bonchev–Trinajstić information content (AvgIpc) is 3.04. The largest absolute Gasteiger partial charge is 0.393 e. The molecule has 16 heavy (non-hydrogen) atoms. The zero-order valence-electron chi connectivity index (χ0n) is 9.84. The summed E-state index contributed by atoms with van der Waals surface area (Å²) in [6.45, 7) is 2.22. The van der Waals surface area contributed by atoms with E-state index in [4.69, 9.17) is 0 Å². The van der Waals surface area contributed by atoms with Crippen molar-refractivity contribution >= 4 is 0 Å². The van der Waals surface area contributed by atoms with Crippen molar-refractivity contribution in [2.75, 3.05) is 0 Å². The maximum Gasteiger partial charge on any atom is 0.0568 e. The summed E-state index contributed by atoms with van der Waals surface area (Å²) in [6.07, 6.45) is 3.55. The lowest BCUT2D eigenvalue weighted by Gasteiger charge is -2.17. The summed E-state index contributed by atoms with van der Waals surface area (Å²) in [7, 11) is 0. The predicted octanol–water partition coefficient (Wildman–Crippen LogP) is 3.20. The molecule has 2 saturated carbocycles. The molecule has 3 rings (SSSR count). The Kier molecular flexibility index (Phi) is 2.51. The molecule has 0 heterocycles. The quantitative estimate of drug-likeness (QED) is 0.805. The third kappa shape index (κ3) is 1.67. The first kappa shape index (κ1) is 10.3. The van der Waals surface area contributed by atoms with Crippen molar-refractivity contribution in [2.24, 2.45) is 17.8 Å². The van der Waals surface area contributed by atoms with E-state index >= 15 is 0 Å². The Bertz CT molecular complexity index is 359. The Balaban J connectivity index is 1.68. The lowest BCUT2D eigenvalue weighted by atomic mass is 9.90. The van der Waals surface area contributed by atoms with E-state index in [0.29, 0.717) is 5.92 Å². The molecule has 1 aromatic rings. The van der Waals surface area contributed by atoms with E-state index in [0.717, 1.165) is 24.2 Å². The summed E-state index contributed by atoms with van der Waals surface area (Å²) in [5, 5.41) is 9.80. The molecular weight excluding hydrogens is 196 g/mol. The van der Waals surface area contributed by atoms with Gasteiger partial charge in [0.05, 0.1) is 6.10 Å². The van der Waals surface area contributed by atoms with Crippen molar-refractivity contribution in [1.29, 1.82) is 0 Å². The molecule has 0 spiro atoms. The monoisotopic (exact) mass is 216 g/mol. The Labute approximate surface area is 97.5 Å². The molecule has 1 N–H and O–H groups in total. The topological polar surface area (TPSA) is 20.2 Å². The molecule has 2 aliphatic carbocycles. The van der Waals surface area contributed by atoms with Crippen molar-refractivity contribution < 1.29 is 5.11 Å². The second kappa shape index (κ2) is 3.89. The van der Waals surface area contributed by atoms with Gasteiger partial charge in [0.2, 0.25) is 0 Å². The molecule has 0 aliphatic heterocycles. The van der Waals surface area contributed by atoms with Gasteiger partial charge in [0.25, 0.3) is 0 Å². The highest BCUT2D eigenvalue weighted by molar-refractivity contribution is 5.26. The van der Waals surface area contributed by atoms with Gasteiger partial charge in [-0.15, -0.1) is 0 Å². The van der Waals surface area contributed by atoms with Crippen molar-refractivity contribution in [2.45, 2.75) is 38.2 Å². The minimum Gasteiger partial charge on any atom is -0.393 e. The van der Waals surface area contributed by atoms with Crippen LogP contribution in [0.1, 0.15) is 37.7 Å². The van der Waals surface area contributed by atoms with Crippen LogP contribution in [0.15, 0.2) is 30.3 Å².